The minimum absolute atomic E-state index is 0.0406. The summed E-state index contributed by atoms with van der Waals surface area (Å²) in [6.07, 6.45) is 1.12. The molecule has 0 spiro atoms. The Labute approximate surface area is 116 Å². The number of nitrogens with one attached hydrogen (secondary N) is 2. The summed E-state index contributed by atoms with van der Waals surface area (Å²) in [4.78, 5) is 12.0. The average molecular weight is 262 g/mol. The number of carbonyl (C=O) groups is 1. The van der Waals surface area contributed by atoms with Gasteiger partial charge in [-0.3, -0.25) is 4.79 Å². The van der Waals surface area contributed by atoms with E-state index >= 15 is 0 Å². The maximum atomic E-state index is 12.0. The second-order valence-corrected chi connectivity index (χ2v) is 6.01. The maximum absolute atomic E-state index is 12.0. The van der Waals surface area contributed by atoms with Gasteiger partial charge in [-0.2, -0.15) is 0 Å². The Balaban J connectivity index is 2.74. The van der Waals surface area contributed by atoms with Crippen LogP contribution in [0.5, 0.6) is 0 Å². The van der Waals surface area contributed by atoms with Crippen molar-refractivity contribution in [3.05, 3.63) is 29.8 Å². The Kier molecular flexibility index (Phi) is 5.55. The number of benzene rings is 1. The molecule has 1 aromatic rings. The van der Waals surface area contributed by atoms with Crippen LogP contribution in [0, 0.1) is 5.41 Å². The molecule has 3 nitrogen and oxygen atoms in total. The van der Waals surface area contributed by atoms with Gasteiger partial charge in [0.15, 0.2) is 0 Å². The second-order valence-electron chi connectivity index (χ2n) is 6.01. The van der Waals surface area contributed by atoms with Crippen molar-refractivity contribution < 1.29 is 4.79 Å². The van der Waals surface area contributed by atoms with E-state index in [-0.39, 0.29) is 11.3 Å². The lowest BCUT2D eigenvalue weighted by atomic mass is 9.95. The number of rotatable bonds is 5. The molecule has 0 aliphatic carbocycles. The molecule has 1 rings (SSSR count). The Morgan fingerprint density at radius 1 is 1.32 bits per heavy atom. The summed E-state index contributed by atoms with van der Waals surface area (Å²) in [5.41, 5.74) is 1.69. The van der Waals surface area contributed by atoms with E-state index in [2.05, 4.69) is 30.5 Å². The van der Waals surface area contributed by atoms with E-state index < -0.39 is 0 Å². The van der Waals surface area contributed by atoms with Gasteiger partial charge < -0.3 is 10.6 Å². The molecule has 0 heterocycles. The largest absolute Gasteiger partial charge is 0.326 e. The van der Waals surface area contributed by atoms with Gasteiger partial charge in [0.1, 0.15) is 0 Å². The van der Waals surface area contributed by atoms with Crippen LogP contribution in [0.4, 0.5) is 5.69 Å². The molecule has 0 saturated heterocycles. The smallest absolute Gasteiger partial charge is 0.229 e. The first-order valence-corrected chi connectivity index (χ1v) is 6.99. The van der Waals surface area contributed by atoms with Gasteiger partial charge in [0.25, 0.3) is 0 Å². The highest BCUT2D eigenvalue weighted by Gasteiger charge is 2.21. The van der Waals surface area contributed by atoms with Crippen LogP contribution in [0.2, 0.25) is 0 Å². The molecule has 0 fully saturated rings. The monoisotopic (exact) mass is 262 g/mol. The quantitative estimate of drug-likeness (QED) is 0.849. The van der Waals surface area contributed by atoms with Crippen LogP contribution in [0.25, 0.3) is 0 Å². The molecular formula is C16H26N2O. The van der Waals surface area contributed by atoms with Gasteiger partial charge in [0.2, 0.25) is 5.91 Å². The number of carbonyl (C=O) groups excluding carboxylic acids is 1. The number of amides is 1. The number of hydrogen-bond acceptors (Lipinski definition) is 2. The van der Waals surface area contributed by atoms with Crippen molar-refractivity contribution in [2.45, 2.75) is 47.1 Å². The van der Waals surface area contributed by atoms with Crippen molar-refractivity contribution in [3.8, 4) is 0 Å². The first-order valence-electron chi connectivity index (χ1n) is 6.99. The lowest BCUT2D eigenvalue weighted by molar-refractivity contribution is -0.123. The van der Waals surface area contributed by atoms with E-state index in [1.165, 1.54) is 5.56 Å². The average Bonchev–Trinajstić information content (AvgIpc) is 2.35. The summed E-state index contributed by atoms with van der Waals surface area (Å²) in [5, 5.41) is 6.41. The second kappa shape index (κ2) is 6.71. The van der Waals surface area contributed by atoms with Crippen LogP contribution in [0.15, 0.2) is 24.3 Å². The summed E-state index contributed by atoms with van der Waals surface area (Å²) >= 11 is 0. The van der Waals surface area contributed by atoms with Crippen molar-refractivity contribution in [2.75, 3.05) is 11.9 Å². The summed E-state index contributed by atoms with van der Waals surface area (Å²) < 4.78 is 0. The minimum atomic E-state index is -0.373. The van der Waals surface area contributed by atoms with Crippen LogP contribution in [-0.2, 0) is 4.79 Å². The lowest BCUT2D eigenvalue weighted by Crippen LogP contribution is -2.27. The fourth-order valence-corrected chi connectivity index (χ4v) is 1.68. The van der Waals surface area contributed by atoms with Gasteiger partial charge in [-0.05, 0) is 37.6 Å². The Hall–Kier alpha value is -1.35. The van der Waals surface area contributed by atoms with Gasteiger partial charge >= 0.3 is 0 Å². The molecule has 1 unspecified atom stereocenters. The molecule has 1 atom stereocenters. The predicted octanol–water partition coefficient (Wildman–Crippen LogP) is 3.73. The summed E-state index contributed by atoms with van der Waals surface area (Å²) in [7, 11) is 0. The third-order valence-electron chi connectivity index (χ3n) is 3.03. The van der Waals surface area contributed by atoms with Crippen molar-refractivity contribution in [1.82, 2.24) is 5.32 Å². The van der Waals surface area contributed by atoms with E-state index in [1.54, 1.807) is 0 Å². The zero-order valence-corrected chi connectivity index (χ0v) is 12.7. The Bertz CT molecular complexity index is 421. The number of anilines is 1. The molecule has 2 N–H and O–H groups in total. The molecule has 1 amide bonds. The van der Waals surface area contributed by atoms with Gasteiger partial charge in [0.05, 0.1) is 0 Å². The number of hydrogen-bond donors (Lipinski definition) is 2. The molecule has 19 heavy (non-hydrogen) atoms. The van der Waals surface area contributed by atoms with Crippen LogP contribution in [-0.4, -0.2) is 12.5 Å². The van der Waals surface area contributed by atoms with E-state index in [1.807, 2.05) is 39.0 Å². The lowest BCUT2D eigenvalue weighted by Gasteiger charge is -2.19. The summed E-state index contributed by atoms with van der Waals surface area (Å²) in [6, 6.07) is 8.33. The third kappa shape index (κ3) is 5.03. The zero-order chi connectivity index (χ0) is 14.5. The van der Waals surface area contributed by atoms with Gasteiger partial charge in [-0.15, -0.1) is 0 Å². The van der Waals surface area contributed by atoms with Crippen molar-refractivity contribution in [2.24, 2.45) is 5.41 Å². The van der Waals surface area contributed by atoms with Crippen molar-refractivity contribution >= 4 is 11.6 Å². The predicted molar refractivity (Wildman–Crippen MR) is 81.2 cm³/mol. The van der Waals surface area contributed by atoms with E-state index in [0.29, 0.717) is 6.04 Å². The van der Waals surface area contributed by atoms with E-state index in [9.17, 15) is 4.79 Å². The highest BCUT2D eigenvalue weighted by Crippen LogP contribution is 2.20. The Morgan fingerprint density at radius 2 is 2.00 bits per heavy atom. The zero-order valence-electron chi connectivity index (χ0n) is 12.7. The molecule has 3 heteroatoms. The fourth-order valence-electron chi connectivity index (χ4n) is 1.68. The van der Waals surface area contributed by atoms with Crippen LogP contribution in [0.1, 0.15) is 52.6 Å². The van der Waals surface area contributed by atoms with Crippen LogP contribution in [0.3, 0.4) is 0 Å². The van der Waals surface area contributed by atoms with E-state index in [4.69, 9.17) is 0 Å². The van der Waals surface area contributed by atoms with Gasteiger partial charge in [-0.1, -0.05) is 39.8 Å². The normalized spacial score (nSPS) is 13.1. The molecule has 0 aromatic heterocycles. The fraction of sp³-hybridized carbons (Fsp3) is 0.562. The molecule has 0 radical (unpaired) electrons. The van der Waals surface area contributed by atoms with Crippen molar-refractivity contribution in [3.63, 3.8) is 0 Å². The first-order chi connectivity index (χ1) is 8.84. The first kappa shape index (κ1) is 15.7. The maximum Gasteiger partial charge on any atom is 0.229 e. The minimum Gasteiger partial charge on any atom is -0.326 e. The standard InChI is InChI=1S/C16H26N2O/c1-6-10-17-12(2)13-8-7-9-14(11-13)18-15(19)16(3,4)5/h7-9,11-12,17H,6,10H2,1-5H3,(H,18,19). The summed E-state index contributed by atoms with van der Waals surface area (Å²) in [5.74, 6) is 0.0406. The van der Waals surface area contributed by atoms with Crippen LogP contribution >= 0.6 is 0 Å². The third-order valence-corrected chi connectivity index (χ3v) is 3.03. The topological polar surface area (TPSA) is 41.1 Å². The Morgan fingerprint density at radius 3 is 2.58 bits per heavy atom. The van der Waals surface area contributed by atoms with E-state index in [0.717, 1.165) is 18.7 Å². The van der Waals surface area contributed by atoms with Crippen molar-refractivity contribution in [1.29, 1.82) is 0 Å². The highest BCUT2D eigenvalue weighted by atomic mass is 16.2. The molecule has 1 aromatic carbocycles. The molecule has 0 bridgehead atoms. The molecule has 0 aliphatic rings. The van der Waals surface area contributed by atoms with Gasteiger partial charge in [0, 0.05) is 17.1 Å². The molecular weight excluding hydrogens is 236 g/mol. The molecule has 106 valence electrons. The van der Waals surface area contributed by atoms with Crippen LogP contribution < -0.4 is 10.6 Å². The molecule has 0 aliphatic heterocycles. The highest BCUT2D eigenvalue weighted by molar-refractivity contribution is 5.94. The summed E-state index contributed by atoms with van der Waals surface area (Å²) in [6.45, 7) is 11.0. The SMILES string of the molecule is CCCNC(C)c1cccc(NC(=O)C(C)(C)C)c1. The molecule has 0 saturated carbocycles. The van der Waals surface area contributed by atoms with Gasteiger partial charge in [-0.25, -0.2) is 0 Å².